The zero-order valence-electron chi connectivity index (χ0n) is 13.8. The third kappa shape index (κ3) is 3.65. The lowest BCUT2D eigenvalue weighted by molar-refractivity contribution is 0.0948. The number of carbonyl (C=O) groups is 1. The second kappa shape index (κ2) is 7.30. The molecule has 10 heteroatoms. The number of nitrogens with one attached hydrogen (secondary N) is 3. The van der Waals surface area contributed by atoms with Crippen molar-refractivity contribution in [3.05, 3.63) is 70.0 Å². The van der Waals surface area contributed by atoms with Crippen LogP contribution in [0, 0.1) is 0 Å². The molecule has 0 aromatic carbocycles. The molecule has 0 aliphatic carbocycles. The first kappa shape index (κ1) is 16.8. The van der Waals surface area contributed by atoms with E-state index in [1.807, 2.05) is 17.5 Å². The van der Waals surface area contributed by atoms with E-state index in [-0.39, 0.29) is 12.1 Å². The number of hydrogen-bond acceptors (Lipinski definition) is 7. The lowest BCUT2D eigenvalue weighted by atomic mass is 10.2. The first-order valence-electron chi connectivity index (χ1n) is 7.94. The molecular weight excluding hydrogens is 366 g/mol. The quantitative estimate of drug-likeness (QED) is 0.483. The Kier molecular flexibility index (Phi) is 4.54. The predicted molar refractivity (Wildman–Crippen MR) is 99.0 cm³/mol. The Morgan fingerprint density at radius 2 is 2.07 bits per heavy atom. The van der Waals surface area contributed by atoms with Crippen LogP contribution in [0.1, 0.15) is 16.2 Å². The molecule has 0 saturated heterocycles. The minimum absolute atomic E-state index is 0.0656. The van der Waals surface area contributed by atoms with Gasteiger partial charge in [0.15, 0.2) is 5.82 Å². The van der Waals surface area contributed by atoms with Gasteiger partial charge in [-0.3, -0.25) is 19.7 Å². The van der Waals surface area contributed by atoms with Crippen LogP contribution in [0.4, 0.5) is 0 Å². The van der Waals surface area contributed by atoms with Gasteiger partial charge in [0.1, 0.15) is 17.2 Å². The SMILES string of the molecule is O=C(NCc1nc(-c2ccncc2)n[nH]1)c1cnc(-c2cccs2)[nH]c1=O. The normalized spacial score (nSPS) is 10.7. The van der Waals surface area contributed by atoms with Crippen molar-refractivity contribution in [1.29, 1.82) is 0 Å². The molecule has 0 saturated carbocycles. The largest absolute Gasteiger partial charge is 0.345 e. The Bertz CT molecular complexity index is 1120. The summed E-state index contributed by atoms with van der Waals surface area (Å²) < 4.78 is 0. The standard InChI is InChI=1S/C17H13N7O2S/c25-16(11-8-19-15(22-17(11)26)12-2-1-7-27-12)20-9-13-21-14(24-23-13)10-3-5-18-6-4-10/h1-8H,9H2,(H,20,25)(H,19,22,26)(H,21,23,24). The highest BCUT2D eigenvalue weighted by molar-refractivity contribution is 7.13. The van der Waals surface area contributed by atoms with Gasteiger partial charge >= 0.3 is 0 Å². The molecule has 27 heavy (non-hydrogen) atoms. The third-order valence-electron chi connectivity index (χ3n) is 3.69. The topological polar surface area (TPSA) is 129 Å². The van der Waals surface area contributed by atoms with Gasteiger partial charge in [0.2, 0.25) is 0 Å². The van der Waals surface area contributed by atoms with Crippen LogP contribution in [0.5, 0.6) is 0 Å². The summed E-state index contributed by atoms with van der Waals surface area (Å²) in [5.41, 5.74) is 0.244. The van der Waals surface area contributed by atoms with Crippen molar-refractivity contribution in [2.75, 3.05) is 0 Å². The summed E-state index contributed by atoms with van der Waals surface area (Å²) in [5, 5.41) is 11.4. The number of hydrogen-bond donors (Lipinski definition) is 3. The lowest BCUT2D eigenvalue weighted by Gasteiger charge is -2.03. The van der Waals surface area contributed by atoms with Crippen LogP contribution in [0.25, 0.3) is 22.1 Å². The summed E-state index contributed by atoms with van der Waals surface area (Å²) in [6.45, 7) is 0.100. The maximum absolute atomic E-state index is 12.3. The second-order valence-electron chi connectivity index (χ2n) is 5.48. The van der Waals surface area contributed by atoms with E-state index in [9.17, 15) is 9.59 Å². The smallest absolute Gasteiger partial charge is 0.264 e. The van der Waals surface area contributed by atoms with Crippen molar-refractivity contribution in [3.8, 4) is 22.1 Å². The van der Waals surface area contributed by atoms with Crippen molar-refractivity contribution in [1.82, 2.24) is 35.5 Å². The van der Waals surface area contributed by atoms with E-state index in [0.29, 0.717) is 17.5 Å². The zero-order chi connectivity index (χ0) is 18.6. The molecule has 134 valence electrons. The number of aromatic amines is 2. The Hall–Kier alpha value is -3.66. The molecule has 1 amide bonds. The van der Waals surface area contributed by atoms with Crippen molar-refractivity contribution in [2.45, 2.75) is 6.54 Å². The summed E-state index contributed by atoms with van der Waals surface area (Å²) in [7, 11) is 0. The van der Waals surface area contributed by atoms with Gasteiger partial charge < -0.3 is 10.3 Å². The number of H-pyrrole nitrogens is 2. The van der Waals surface area contributed by atoms with Gasteiger partial charge in [-0.2, -0.15) is 5.10 Å². The van der Waals surface area contributed by atoms with E-state index in [1.54, 1.807) is 24.5 Å². The molecule has 0 bridgehead atoms. The van der Waals surface area contributed by atoms with Gasteiger partial charge in [0.05, 0.1) is 11.4 Å². The first-order chi connectivity index (χ1) is 13.2. The highest BCUT2D eigenvalue weighted by Crippen LogP contribution is 2.19. The van der Waals surface area contributed by atoms with Crippen LogP contribution in [0.15, 0.2) is 53.0 Å². The summed E-state index contributed by atoms with van der Waals surface area (Å²) in [6, 6.07) is 7.27. The van der Waals surface area contributed by atoms with Gasteiger partial charge in [-0.15, -0.1) is 11.3 Å². The fourth-order valence-corrected chi connectivity index (χ4v) is 3.04. The molecule has 3 N–H and O–H groups in total. The van der Waals surface area contributed by atoms with Crippen LogP contribution in [-0.2, 0) is 6.54 Å². The summed E-state index contributed by atoms with van der Waals surface area (Å²) in [5.74, 6) is 0.864. The highest BCUT2D eigenvalue weighted by Gasteiger charge is 2.14. The minimum Gasteiger partial charge on any atom is -0.345 e. The summed E-state index contributed by atoms with van der Waals surface area (Å²) >= 11 is 1.45. The highest BCUT2D eigenvalue weighted by atomic mass is 32.1. The fourth-order valence-electron chi connectivity index (χ4n) is 2.36. The maximum atomic E-state index is 12.3. The van der Waals surface area contributed by atoms with Crippen molar-refractivity contribution in [3.63, 3.8) is 0 Å². The fraction of sp³-hybridized carbons (Fsp3) is 0.0588. The average molecular weight is 379 g/mol. The van der Waals surface area contributed by atoms with Crippen LogP contribution in [0.2, 0.25) is 0 Å². The molecular formula is C17H13N7O2S. The minimum atomic E-state index is -0.539. The van der Waals surface area contributed by atoms with Crippen LogP contribution in [0.3, 0.4) is 0 Å². The Labute approximate surface area is 156 Å². The molecule has 4 heterocycles. The first-order valence-corrected chi connectivity index (χ1v) is 8.82. The molecule has 0 atom stereocenters. The van der Waals surface area contributed by atoms with E-state index in [0.717, 1.165) is 10.4 Å². The van der Waals surface area contributed by atoms with E-state index in [4.69, 9.17) is 0 Å². The van der Waals surface area contributed by atoms with Gasteiger partial charge in [-0.25, -0.2) is 9.97 Å². The van der Waals surface area contributed by atoms with Crippen LogP contribution >= 0.6 is 11.3 Å². The number of carbonyl (C=O) groups excluding carboxylic acids is 1. The summed E-state index contributed by atoms with van der Waals surface area (Å²) in [6.07, 6.45) is 4.56. The molecule has 0 fully saturated rings. The Balaban J connectivity index is 1.44. The van der Waals surface area contributed by atoms with E-state index < -0.39 is 11.5 Å². The van der Waals surface area contributed by atoms with Gasteiger partial charge in [0.25, 0.3) is 11.5 Å². The predicted octanol–water partition coefficient (Wildman–Crippen LogP) is 1.61. The number of pyridine rings is 1. The molecule has 0 unspecified atom stereocenters. The third-order valence-corrected chi connectivity index (χ3v) is 4.56. The maximum Gasteiger partial charge on any atom is 0.264 e. The van der Waals surface area contributed by atoms with Gasteiger partial charge in [0, 0.05) is 24.2 Å². The van der Waals surface area contributed by atoms with E-state index in [2.05, 4.69) is 35.5 Å². The molecule has 9 nitrogen and oxygen atoms in total. The Morgan fingerprint density at radius 1 is 1.22 bits per heavy atom. The molecule has 0 aliphatic rings. The second-order valence-corrected chi connectivity index (χ2v) is 6.42. The van der Waals surface area contributed by atoms with Crippen LogP contribution < -0.4 is 10.9 Å². The van der Waals surface area contributed by atoms with E-state index >= 15 is 0 Å². The van der Waals surface area contributed by atoms with Crippen LogP contribution in [-0.4, -0.2) is 36.0 Å². The van der Waals surface area contributed by atoms with Crippen molar-refractivity contribution in [2.24, 2.45) is 0 Å². The molecule has 4 rings (SSSR count). The number of aromatic nitrogens is 6. The monoisotopic (exact) mass is 379 g/mol. The molecule has 0 aliphatic heterocycles. The zero-order valence-corrected chi connectivity index (χ0v) is 14.7. The van der Waals surface area contributed by atoms with Crippen molar-refractivity contribution >= 4 is 17.2 Å². The van der Waals surface area contributed by atoms with Gasteiger partial charge in [-0.1, -0.05) is 6.07 Å². The Morgan fingerprint density at radius 3 is 2.81 bits per heavy atom. The molecule has 0 spiro atoms. The number of amides is 1. The lowest BCUT2D eigenvalue weighted by Crippen LogP contribution is -2.30. The number of nitrogens with zero attached hydrogens (tertiary/aromatic N) is 4. The van der Waals surface area contributed by atoms with Gasteiger partial charge in [-0.05, 0) is 23.6 Å². The molecule has 0 radical (unpaired) electrons. The van der Waals surface area contributed by atoms with E-state index in [1.165, 1.54) is 17.5 Å². The average Bonchev–Trinajstić information content (AvgIpc) is 3.39. The molecule has 4 aromatic rings. The van der Waals surface area contributed by atoms with Crippen molar-refractivity contribution < 1.29 is 4.79 Å². The number of thiophene rings is 1. The summed E-state index contributed by atoms with van der Waals surface area (Å²) in [4.78, 5) is 40.3. The number of rotatable bonds is 5. The molecule has 4 aromatic heterocycles.